The average Bonchev–Trinajstić information content (AvgIpc) is 2.57. The summed E-state index contributed by atoms with van der Waals surface area (Å²) in [5.41, 5.74) is 10.4. The molecule has 122 valence electrons. The van der Waals surface area contributed by atoms with E-state index in [1.54, 1.807) is 6.20 Å². The van der Waals surface area contributed by atoms with E-state index in [2.05, 4.69) is 46.6 Å². The maximum absolute atomic E-state index is 12.1. The fourth-order valence-corrected chi connectivity index (χ4v) is 3.32. The van der Waals surface area contributed by atoms with E-state index in [1.807, 2.05) is 12.1 Å². The van der Waals surface area contributed by atoms with E-state index in [1.165, 1.54) is 0 Å². The molecule has 0 fully saturated rings. The second-order valence-corrected chi connectivity index (χ2v) is 6.82. The Bertz CT molecular complexity index is 885. The number of benzene rings is 1. The largest absolute Gasteiger partial charge is 0.368 e. The first kappa shape index (κ1) is 14.7. The van der Waals surface area contributed by atoms with E-state index in [0.29, 0.717) is 13.1 Å². The first-order valence-electron chi connectivity index (χ1n) is 7.96. The van der Waals surface area contributed by atoms with Gasteiger partial charge < -0.3 is 16.4 Å². The van der Waals surface area contributed by atoms with Crippen molar-refractivity contribution in [3.8, 4) is 0 Å². The number of nitrogen functional groups attached to an aromatic ring is 1. The highest BCUT2D eigenvalue weighted by Gasteiger charge is 2.32. The van der Waals surface area contributed by atoms with Gasteiger partial charge in [0.15, 0.2) is 0 Å². The Kier molecular flexibility index (Phi) is 3.09. The summed E-state index contributed by atoms with van der Waals surface area (Å²) in [5, 5.41) is 6.17. The lowest BCUT2D eigenvalue weighted by atomic mass is 9.77. The quantitative estimate of drug-likeness (QED) is 0.746. The summed E-state index contributed by atoms with van der Waals surface area (Å²) in [6.07, 6.45) is 3.85. The standard InChI is InChI=1S/C18H19N5O/c1-18(2)9-22-16(24)12-4-3-10(7-14(12)18)11-5-6-20-15-13(11)8-21-17(19)23-15/h3-5,7-8H,6,9H2,1-2H3,(H,22,24)(H3,19,20,21,23). The van der Waals surface area contributed by atoms with E-state index in [4.69, 9.17) is 5.73 Å². The van der Waals surface area contributed by atoms with Crippen molar-refractivity contribution >= 4 is 23.2 Å². The van der Waals surface area contributed by atoms with Crippen LogP contribution in [0.3, 0.4) is 0 Å². The van der Waals surface area contributed by atoms with E-state index < -0.39 is 0 Å². The molecule has 6 nitrogen and oxygen atoms in total. The van der Waals surface area contributed by atoms with Gasteiger partial charge in [-0.15, -0.1) is 0 Å². The van der Waals surface area contributed by atoms with Crippen molar-refractivity contribution in [1.29, 1.82) is 0 Å². The Morgan fingerprint density at radius 1 is 1.21 bits per heavy atom. The average molecular weight is 321 g/mol. The molecule has 4 N–H and O–H groups in total. The predicted molar refractivity (Wildman–Crippen MR) is 93.8 cm³/mol. The molecule has 0 saturated carbocycles. The molecule has 3 heterocycles. The molecule has 24 heavy (non-hydrogen) atoms. The number of aromatic nitrogens is 2. The minimum Gasteiger partial charge on any atom is -0.368 e. The maximum Gasteiger partial charge on any atom is 0.251 e. The van der Waals surface area contributed by atoms with Crippen molar-refractivity contribution in [2.45, 2.75) is 19.3 Å². The Morgan fingerprint density at radius 2 is 2.04 bits per heavy atom. The number of rotatable bonds is 1. The van der Waals surface area contributed by atoms with Gasteiger partial charge in [0, 0.05) is 35.8 Å². The second kappa shape index (κ2) is 5.06. The number of carbonyl (C=O) groups excluding carboxylic acids is 1. The summed E-state index contributed by atoms with van der Waals surface area (Å²) in [6, 6.07) is 6.00. The summed E-state index contributed by atoms with van der Waals surface area (Å²) in [7, 11) is 0. The third kappa shape index (κ3) is 2.22. The number of carbonyl (C=O) groups is 1. The van der Waals surface area contributed by atoms with E-state index in [0.717, 1.165) is 33.6 Å². The first-order valence-corrected chi connectivity index (χ1v) is 7.96. The zero-order valence-corrected chi connectivity index (χ0v) is 13.7. The molecule has 0 aliphatic carbocycles. The Labute approximate surface area is 140 Å². The number of fused-ring (bicyclic) bond motifs is 2. The molecule has 0 unspecified atom stereocenters. The van der Waals surface area contributed by atoms with Gasteiger partial charge in [-0.25, -0.2) is 4.98 Å². The second-order valence-electron chi connectivity index (χ2n) is 6.82. The van der Waals surface area contributed by atoms with Gasteiger partial charge in [-0.1, -0.05) is 26.0 Å². The third-order valence-corrected chi connectivity index (χ3v) is 4.67. The van der Waals surface area contributed by atoms with Crippen LogP contribution >= 0.6 is 0 Å². The minimum absolute atomic E-state index is 0.00771. The normalized spacial score (nSPS) is 17.9. The third-order valence-electron chi connectivity index (χ3n) is 4.67. The summed E-state index contributed by atoms with van der Waals surface area (Å²) >= 11 is 0. The minimum atomic E-state index is -0.104. The van der Waals surface area contributed by atoms with Crippen molar-refractivity contribution in [2.75, 3.05) is 24.1 Å². The van der Waals surface area contributed by atoms with Crippen LogP contribution in [0.1, 0.15) is 40.9 Å². The van der Waals surface area contributed by atoms with Crippen molar-refractivity contribution in [3.63, 3.8) is 0 Å². The Morgan fingerprint density at radius 3 is 2.88 bits per heavy atom. The summed E-state index contributed by atoms with van der Waals surface area (Å²) in [4.78, 5) is 20.5. The molecule has 1 aromatic carbocycles. The summed E-state index contributed by atoms with van der Waals surface area (Å²) in [5.74, 6) is 0.993. The highest BCUT2D eigenvalue weighted by Crippen LogP contribution is 2.36. The molecule has 4 rings (SSSR count). The van der Waals surface area contributed by atoms with E-state index in [9.17, 15) is 4.79 Å². The van der Waals surface area contributed by atoms with Gasteiger partial charge in [0.2, 0.25) is 5.95 Å². The topological polar surface area (TPSA) is 92.9 Å². The fraction of sp³-hybridized carbons (Fsp3) is 0.278. The van der Waals surface area contributed by atoms with Crippen LogP contribution in [0.5, 0.6) is 0 Å². The lowest BCUT2D eigenvalue weighted by molar-refractivity contribution is 0.0930. The fourth-order valence-electron chi connectivity index (χ4n) is 3.32. The molecule has 6 heteroatoms. The number of nitrogens with one attached hydrogen (secondary N) is 2. The number of anilines is 2. The van der Waals surface area contributed by atoms with Crippen molar-refractivity contribution in [3.05, 3.63) is 52.7 Å². The Hall–Kier alpha value is -2.89. The molecule has 1 aromatic heterocycles. The SMILES string of the molecule is CC1(C)CNC(=O)c2ccc(C3=CCNc4nc(N)ncc43)cc21. The zero-order valence-electron chi connectivity index (χ0n) is 13.7. The summed E-state index contributed by atoms with van der Waals surface area (Å²) < 4.78 is 0. The van der Waals surface area contributed by atoms with E-state index in [-0.39, 0.29) is 17.3 Å². The predicted octanol–water partition coefficient (Wildman–Crippen LogP) is 1.94. The number of nitrogens with two attached hydrogens (primary N) is 1. The van der Waals surface area contributed by atoms with Crippen LogP contribution in [0.4, 0.5) is 11.8 Å². The van der Waals surface area contributed by atoms with Gasteiger partial charge in [-0.3, -0.25) is 4.79 Å². The van der Waals surface area contributed by atoms with Gasteiger partial charge >= 0.3 is 0 Å². The molecule has 0 atom stereocenters. The van der Waals surface area contributed by atoms with Gasteiger partial charge in [0.25, 0.3) is 5.91 Å². The number of amides is 1. The molecule has 0 radical (unpaired) electrons. The monoisotopic (exact) mass is 321 g/mol. The number of nitrogens with zero attached hydrogens (tertiary/aromatic N) is 2. The highest BCUT2D eigenvalue weighted by molar-refractivity contribution is 5.98. The van der Waals surface area contributed by atoms with Gasteiger partial charge in [0.05, 0.1) is 0 Å². The highest BCUT2D eigenvalue weighted by atomic mass is 16.1. The molecule has 2 aromatic rings. The molecule has 0 bridgehead atoms. The van der Waals surface area contributed by atoms with E-state index >= 15 is 0 Å². The van der Waals surface area contributed by atoms with Crippen LogP contribution in [0.15, 0.2) is 30.5 Å². The van der Waals surface area contributed by atoms with Gasteiger partial charge in [-0.2, -0.15) is 4.98 Å². The molecule has 0 saturated heterocycles. The molecule has 0 spiro atoms. The summed E-state index contributed by atoms with van der Waals surface area (Å²) in [6.45, 7) is 5.60. The van der Waals surface area contributed by atoms with Crippen molar-refractivity contribution in [1.82, 2.24) is 15.3 Å². The smallest absolute Gasteiger partial charge is 0.251 e. The van der Waals surface area contributed by atoms with Crippen molar-refractivity contribution < 1.29 is 4.79 Å². The zero-order chi connectivity index (χ0) is 16.9. The molecular weight excluding hydrogens is 302 g/mol. The Balaban J connectivity index is 1.85. The van der Waals surface area contributed by atoms with Gasteiger partial charge in [0.1, 0.15) is 5.82 Å². The molecule has 2 aliphatic heterocycles. The molecule has 2 aliphatic rings. The lowest BCUT2D eigenvalue weighted by Crippen LogP contribution is -2.43. The van der Waals surface area contributed by atoms with Crippen LogP contribution in [-0.2, 0) is 5.41 Å². The van der Waals surface area contributed by atoms with Crippen LogP contribution in [0.2, 0.25) is 0 Å². The van der Waals surface area contributed by atoms with Crippen LogP contribution in [-0.4, -0.2) is 29.0 Å². The van der Waals surface area contributed by atoms with Crippen LogP contribution in [0, 0.1) is 0 Å². The van der Waals surface area contributed by atoms with Crippen LogP contribution < -0.4 is 16.4 Å². The lowest BCUT2D eigenvalue weighted by Gasteiger charge is -2.33. The molecule has 1 amide bonds. The van der Waals surface area contributed by atoms with Crippen molar-refractivity contribution in [2.24, 2.45) is 0 Å². The maximum atomic E-state index is 12.1. The number of hydrogen-bond donors (Lipinski definition) is 3. The van der Waals surface area contributed by atoms with Crippen LogP contribution in [0.25, 0.3) is 5.57 Å². The number of hydrogen-bond acceptors (Lipinski definition) is 5. The molecular formula is C18H19N5O. The van der Waals surface area contributed by atoms with Gasteiger partial charge in [-0.05, 0) is 28.8 Å². The first-order chi connectivity index (χ1) is 11.5.